The first-order valence-corrected chi connectivity index (χ1v) is 13.2. The summed E-state index contributed by atoms with van der Waals surface area (Å²) >= 11 is 0. The van der Waals surface area contributed by atoms with Gasteiger partial charge in [-0.15, -0.1) is 0 Å². The molecule has 12 nitrogen and oxygen atoms in total. The molecule has 0 bridgehead atoms. The maximum Gasteiger partial charge on any atom is 0.231 e. The Labute approximate surface area is 246 Å². The van der Waals surface area contributed by atoms with Gasteiger partial charge in [0.15, 0.2) is 35.9 Å². The van der Waals surface area contributed by atoms with Crippen molar-refractivity contribution in [1.82, 2.24) is 0 Å². The predicted octanol–water partition coefficient (Wildman–Crippen LogP) is 1.83. The number of hydrogen-bond acceptors (Lipinski definition) is 12. The third-order valence-corrected chi connectivity index (χ3v) is 6.27. The highest BCUT2D eigenvalue weighted by atomic mass is 16.6. The summed E-state index contributed by atoms with van der Waals surface area (Å²) in [5.74, 6) is -0.442. The van der Waals surface area contributed by atoms with Crippen LogP contribution in [0.1, 0.15) is 23.6 Å². The Morgan fingerprint density at radius 1 is 0.930 bits per heavy atom. The summed E-state index contributed by atoms with van der Waals surface area (Å²) in [6, 6.07) is 11.0. The number of hydrogen-bond donors (Lipinski definition) is 7. The molecule has 0 saturated carbocycles. The number of ether oxygens (including phenoxy) is 3. The topological polar surface area (TPSA) is 203 Å². The molecule has 3 aromatic rings. The van der Waals surface area contributed by atoms with Crippen LogP contribution in [0.15, 0.2) is 65.7 Å². The average molecular weight is 599 g/mol. The first-order valence-electron chi connectivity index (χ1n) is 13.2. The van der Waals surface area contributed by atoms with E-state index in [1.165, 1.54) is 31.2 Å². The summed E-state index contributed by atoms with van der Waals surface area (Å²) in [6.07, 6.45) is -0.812. The third-order valence-electron chi connectivity index (χ3n) is 6.27. The van der Waals surface area contributed by atoms with Crippen LogP contribution in [-0.2, 0) is 22.4 Å². The minimum absolute atomic E-state index is 0.0775. The van der Waals surface area contributed by atoms with E-state index in [0.29, 0.717) is 22.8 Å². The molecule has 3 aromatic carbocycles. The van der Waals surface area contributed by atoms with Gasteiger partial charge in [0.25, 0.3) is 0 Å². The summed E-state index contributed by atoms with van der Waals surface area (Å²) in [4.78, 5) is 24.6. The fourth-order valence-corrected chi connectivity index (χ4v) is 4.08. The number of rotatable bonds is 15. The van der Waals surface area contributed by atoms with Gasteiger partial charge in [-0.25, -0.2) is 0 Å². The number of carbonyl (C=O) groups excluding carboxylic acids is 1. The van der Waals surface area contributed by atoms with Crippen LogP contribution in [0.3, 0.4) is 0 Å². The maximum absolute atomic E-state index is 13.5. The van der Waals surface area contributed by atoms with Gasteiger partial charge in [-0.1, -0.05) is 36.4 Å². The van der Waals surface area contributed by atoms with Crippen LogP contribution < -0.4 is 14.9 Å². The van der Waals surface area contributed by atoms with Crippen LogP contribution >= 0.6 is 0 Å². The number of allylic oxidation sites excluding steroid dienone is 2. The number of aliphatic hydroxyl groups excluding tert-OH is 4. The van der Waals surface area contributed by atoms with E-state index in [1.807, 2.05) is 0 Å². The predicted molar refractivity (Wildman–Crippen MR) is 156 cm³/mol. The molecule has 0 aliphatic heterocycles. The number of aromatic hydroxyl groups is 2. The zero-order valence-electron chi connectivity index (χ0n) is 23.2. The van der Waals surface area contributed by atoms with Crippen molar-refractivity contribution >= 4 is 23.1 Å². The molecule has 230 valence electrons. The zero-order chi connectivity index (χ0) is 31.5. The van der Waals surface area contributed by atoms with Gasteiger partial charge in [0, 0.05) is 18.4 Å². The lowest BCUT2D eigenvalue weighted by molar-refractivity contribution is -0.244. The molecule has 0 amide bonds. The normalized spacial score (nSPS) is 13.9. The van der Waals surface area contributed by atoms with Crippen LogP contribution in [0.5, 0.6) is 23.0 Å². The molecular formula is C31H34O12. The molecule has 3 atom stereocenters. The summed E-state index contributed by atoms with van der Waals surface area (Å²) < 4.78 is 16.6. The van der Waals surface area contributed by atoms with Gasteiger partial charge < -0.3 is 54.8 Å². The SMILES string of the molecule is CC(COc1cc(CCOc2ccc(/C=C/C=C/O)cc2O)cc2ccc(CC=O)c(O)c2c1=O)OC(O)C(O)C(O)O. The van der Waals surface area contributed by atoms with Gasteiger partial charge in [0.1, 0.15) is 18.6 Å². The Hall–Kier alpha value is -4.46. The van der Waals surface area contributed by atoms with E-state index < -0.39 is 30.2 Å². The largest absolute Gasteiger partial charge is 0.516 e. The molecule has 7 N–H and O–H groups in total. The smallest absolute Gasteiger partial charge is 0.231 e. The van der Waals surface area contributed by atoms with E-state index in [1.54, 1.807) is 36.4 Å². The summed E-state index contributed by atoms with van der Waals surface area (Å²) in [6.45, 7) is 1.23. The summed E-state index contributed by atoms with van der Waals surface area (Å²) in [5.41, 5.74) is 0.810. The number of phenols is 2. The number of fused-ring (bicyclic) bond motifs is 1. The quantitative estimate of drug-likeness (QED) is 0.0580. The lowest BCUT2D eigenvalue weighted by Crippen LogP contribution is -2.41. The molecule has 0 fully saturated rings. The number of aliphatic hydroxyl groups is 5. The Balaban J connectivity index is 1.87. The van der Waals surface area contributed by atoms with E-state index in [4.69, 9.17) is 29.5 Å². The van der Waals surface area contributed by atoms with Gasteiger partial charge >= 0.3 is 0 Å². The second kappa shape index (κ2) is 15.7. The van der Waals surface area contributed by atoms with Crippen molar-refractivity contribution in [1.29, 1.82) is 0 Å². The Kier molecular flexibility index (Phi) is 12.0. The molecule has 0 radical (unpaired) electrons. The van der Waals surface area contributed by atoms with Crippen LogP contribution in [0.4, 0.5) is 0 Å². The minimum Gasteiger partial charge on any atom is -0.516 e. The van der Waals surface area contributed by atoms with Crippen LogP contribution in [0.2, 0.25) is 0 Å². The highest BCUT2D eigenvalue weighted by Gasteiger charge is 2.25. The van der Waals surface area contributed by atoms with E-state index in [9.17, 15) is 30.0 Å². The van der Waals surface area contributed by atoms with Crippen LogP contribution in [0, 0.1) is 0 Å². The fourth-order valence-electron chi connectivity index (χ4n) is 4.08. The molecule has 12 heteroatoms. The molecule has 0 heterocycles. The summed E-state index contributed by atoms with van der Waals surface area (Å²) in [5, 5.41) is 67.6. The molecule has 0 aromatic heterocycles. The average Bonchev–Trinajstić information content (AvgIpc) is 3.10. The maximum atomic E-state index is 13.5. The van der Waals surface area contributed by atoms with Crippen molar-refractivity contribution in [2.75, 3.05) is 13.2 Å². The molecular weight excluding hydrogens is 564 g/mol. The molecule has 0 saturated heterocycles. The highest BCUT2D eigenvalue weighted by molar-refractivity contribution is 5.90. The monoisotopic (exact) mass is 598 g/mol. The molecule has 43 heavy (non-hydrogen) atoms. The number of benzene rings is 2. The second-order valence-electron chi connectivity index (χ2n) is 9.54. The van der Waals surface area contributed by atoms with E-state index in [-0.39, 0.29) is 60.0 Å². The van der Waals surface area contributed by atoms with Crippen molar-refractivity contribution in [2.24, 2.45) is 0 Å². The minimum atomic E-state index is -2.24. The second-order valence-corrected chi connectivity index (χ2v) is 9.54. The van der Waals surface area contributed by atoms with Crippen molar-refractivity contribution in [3.8, 4) is 23.0 Å². The number of phenolic OH excluding ortho intramolecular Hbond substituents is 2. The Morgan fingerprint density at radius 2 is 1.70 bits per heavy atom. The third kappa shape index (κ3) is 9.01. The zero-order valence-corrected chi connectivity index (χ0v) is 23.2. The molecule has 0 spiro atoms. The highest BCUT2D eigenvalue weighted by Crippen LogP contribution is 2.30. The lowest BCUT2D eigenvalue weighted by atomic mass is 10.0. The van der Waals surface area contributed by atoms with Crippen LogP contribution in [-0.4, -0.2) is 80.0 Å². The van der Waals surface area contributed by atoms with Gasteiger partial charge in [-0.3, -0.25) is 4.79 Å². The standard InChI is InChI=1S/C31H34O12/c1-18(43-31(40)29(37)30(38)39)17-42-25-16-20(14-22-7-6-21(9-12-33)27(35)26(22)28(25)36)10-13-41-24-8-5-19(15-23(24)34)4-2-3-11-32/h2-8,11-12,14-16,18,29-32,34-35,37-40H,9-10,13,17H2,1H3/b4-2+,11-3+. The first kappa shape index (κ1) is 33.0. The van der Waals surface area contributed by atoms with Crippen molar-refractivity contribution in [3.63, 3.8) is 0 Å². The molecule has 0 aliphatic carbocycles. The number of carbonyl (C=O) groups is 1. The molecule has 0 aliphatic rings. The Morgan fingerprint density at radius 3 is 2.37 bits per heavy atom. The number of aldehydes is 1. The van der Waals surface area contributed by atoms with Crippen molar-refractivity contribution in [3.05, 3.63) is 87.8 Å². The molecule has 3 unspecified atom stereocenters. The van der Waals surface area contributed by atoms with Crippen LogP contribution in [0.25, 0.3) is 16.8 Å². The fraction of sp³-hybridized carbons (Fsp3) is 0.290. The van der Waals surface area contributed by atoms with Crippen molar-refractivity contribution < 1.29 is 54.8 Å². The first-order chi connectivity index (χ1) is 20.5. The van der Waals surface area contributed by atoms with Crippen molar-refractivity contribution in [2.45, 2.75) is 44.6 Å². The van der Waals surface area contributed by atoms with E-state index >= 15 is 0 Å². The van der Waals surface area contributed by atoms with E-state index in [0.717, 1.165) is 6.26 Å². The summed E-state index contributed by atoms with van der Waals surface area (Å²) in [7, 11) is 0. The van der Waals surface area contributed by atoms with Gasteiger partial charge in [-0.2, -0.15) is 0 Å². The van der Waals surface area contributed by atoms with Gasteiger partial charge in [0.05, 0.1) is 24.4 Å². The van der Waals surface area contributed by atoms with E-state index in [2.05, 4.69) is 0 Å². The van der Waals surface area contributed by atoms with Gasteiger partial charge in [0.2, 0.25) is 5.43 Å². The lowest BCUT2D eigenvalue weighted by Gasteiger charge is -2.23. The molecule has 3 rings (SSSR count). The Bertz CT molecular complexity index is 1520. The van der Waals surface area contributed by atoms with Gasteiger partial charge in [-0.05, 0) is 47.7 Å².